The molecule has 0 aliphatic rings. The van der Waals surface area contributed by atoms with E-state index in [1.165, 1.54) is 0 Å². The van der Waals surface area contributed by atoms with E-state index in [0.717, 1.165) is 0 Å². The highest BCUT2D eigenvalue weighted by molar-refractivity contribution is 6.42. The number of benzene rings is 1. The summed E-state index contributed by atoms with van der Waals surface area (Å²) in [7, 11) is 0. The highest BCUT2D eigenvalue weighted by atomic mass is 35.5. The largest absolute Gasteiger partial charge is 0.486 e. The van der Waals surface area contributed by atoms with E-state index in [-0.39, 0.29) is 18.1 Å². The monoisotopic (exact) mass is 311 g/mol. The second-order valence-corrected chi connectivity index (χ2v) is 4.89. The first-order chi connectivity index (χ1) is 9.49. The van der Waals surface area contributed by atoms with Crippen LogP contribution in [0.2, 0.25) is 10.0 Å². The number of rotatable bonds is 4. The van der Waals surface area contributed by atoms with Crippen LogP contribution in [0.5, 0.6) is 5.75 Å². The van der Waals surface area contributed by atoms with Gasteiger partial charge in [0.2, 0.25) is 0 Å². The number of carbonyl (C=O) groups is 1. The smallest absolute Gasteiger partial charge is 0.358 e. The first kappa shape index (κ1) is 14.6. The van der Waals surface area contributed by atoms with Crippen molar-refractivity contribution in [1.29, 1.82) is 0 Å². The second kappa shape index (κ2) is 6.11. The molecule has 1 N–H and O–H groups in total. The van der Waals surface area contributed by atoms with Crippen LogP contribution in [0.4, 0.5) is 0 Å². The van der Waals surface area contributed by atoms with E-state index in [2.05, 4.69) is 4.98 Å². The number of aryl methyl sites for hydroxylation is 1. The highest BCUT2D eigenvalue weighted by Gasteiger charge is 2.14. The molecule has 0 radical (unpaired) electrons. The molecule has 6 heteroatoms. The second-order valence-electron chi connectivity index (χ2n) is 4.11. The average molecular weight is 312 g/mol. The van der Waals surface area contributed by atoms with E-state index in [1.807, 2.05) is 0 Å². The fraction of sp³-hybridized carbons (Fsp3) is 0.143. The van der Waals surface area contributed by atoms with E-state index in [4.69, 9.17) is 33.0 Å². The van der Waals surface area contributed by atoms with E-state index in [9.17, 15) is 4.79 Å². The maximum Gasteiger partial charge on any atom is 0.358 e. The fourth-order valence-electron chi connectivity index (χ4n) is 1.63. The minimum atomic E-state index is -1.14. The van der Waals surface area contributed by atoms with Crippen LogP contribution >= 0.6 is 23.2 Å². The Morgan fingerprint density at radius 2 is 2.05 bits per heavy atom. The number of aromatic nitrogens is 1. The summed E-state index contributed by atoms with van der Waals surface area (Å²) in [5, 5.41) is 9.92. The predicted molar refractivity (Wildman–Crippen MR) is 76.7 cm³/mol. The summed E-state index contributed by atoms with van der Waals surface area (Å²) in [5.74, 6) is -0.944. The Kier molecular flexibility index (Phi) is 4.47. The van der Waals surface area contributed by atoms with Crippen molar-refractivity contribution in [3.05, 3.63) is 57.3 Å². The van der Waals surface area contributed by atoms with Gasteiger partial charge in [-0.15, -0.1) is 0 Å². The van der Waals surface area contributed by atoms with E-state index in [0.29, 0.717) is 21.3 Å². The van der Waals surface area contributed by atoms with Gasteiger partial charge in [-0.25, -0.2) is 9.78 Å². The summed E-state index contributed by atoms with van der Waals surface area (Å²) in [5.41, 5.74) is 1.16. The van der Waals surface area contributed by atoms with E-state index in [1.54, 1.807) is 37.3 Å². The van der Waals surface area contributed by atoms with Crippen LogP contribution in [0.3, 0.4) is 0 Å². The molecule has 0 fully saturated rings. The van der Waals surface area contributed by atoms with Gasteiger partial charge in [0, 0.05) is 11.3 Å². The lowest BCUT2D eigenvalue weighted by Crippen LogP contribution is -2.07. The average Bonchev–Trinajstić information content (AvgIpc) is 2.41. The third kappa shape index (κ3) is 3.21. The summed E-state index contributed by atoms with van der Waals surface area (Å²) in [6, 6.07) is 8.43. The zero-order valence-corrected chi connectivity index (χ0v) is 12.1. The molecule has 104 valence electrons. The molecule has 0 atom stereocenters. The van der Waals surface area contributed by atoms with Gasteiger partial charge in [0.1, 0.15) is 6.61 Å². The number of pyridine rings is 1. The molecule has 4 nitrogen and oxygen atoms in total. The van der Waals surface area contributed by atoms with Crippen LogP contribution in [0.25, 0.3) is 0 Å². The summed E-state index contributed by atoms with van der Waals surface area (Å²) >= 11 is 11.9. The molecule has 2 aromatic rings. The third-order valence-corrected chi connectivity index (χ3v) is 3.47. The Labute approximate surface area is 125 Å². The van der Waals surface area contributed by atoms with Gasteiger partial charge in [-0.3, -0.25) is 0 Å². The van der Waals surface area contributed by atoms with E-state index >= 15 is 0 Å². The SMILES string of the molecule is Cc1ccc(OCc2cccc(Cl)c2Cl)c(C(=O)O)n1. The Bertz CT molecular complexity index is 659. The van der Waals surface area contributed by atoms with Crippen LogP contribution in [0, 0.1) is 6.92 Å². The van der Waals surface area contributed by atoms with Gasteiger partial charge >= 0.3 is 5.97 Å². The Hall–Kier alpha value is -1.78. The third-order valence-electron chi connectivity index (χ3n) is 2.61. The van der Waals surface area contributed by atoms with Crippen molar-refractivity contribution in [2.75, 3.05) is 0 Å². The molecule has 1 aromatic carbocycles. The number of ether oxygens (including phenoxy) is 1. The van der Waals surface area contributed by atoms with Gasteiger partial charge in [-0.05, 0) is 25.1 Å². The standard InChI is InChI=1S/C14H11Cl2NO3/c1-8-5-6-11(13(17-8)14(18)19)20-7-9-3-2-4-10(15)12(9)16/h2-6H,7H2,1H3,(H,18,19). The predicted octanol–water partition coefficient (Wildman–Crippen LogP) is 3.97. The molecule has 0 aliphatic carbocycles. The van der Waals surface area contributed by atoms with Crippen molar-refractivity contribution < 1.29 is 14.6 Å². The number of aromatic carboxylic acids is 1. The molecular weight excluding hydrogens is 301 g/mol. The Morgan fingerprint density at radius 1 is 1.30 bits per heavy atom. The number of nitrogens with zero attached hydrogens (tertiary/aromatic N) is 1. The Morgan fingerprint density at radius 3 is 2.75 bits per heavy atom. The molecule has 20 heavy (non-hydrogen) atoms. The molecule has 0 spiro atoms. The summed E-state index contributed by atoms with van der Waals surface area (Å²) < 4.78 is 5.49. The quantitative estimate of drug-likeness (QED) is 0.928. The molecule has 0 bridgehead atoms. The van der Waals surface area contributed by atoms with Crippen LogP contribution in [-0.2, 0) is 6.61 Å². The van der Waals surface area contributed by atoms with Gasteiger partial charge < -0.3 is 9.84 Å². The topological polar surface area (TPSA) is 59.4 Å². The van der Waals surface area contributed by atoms with Crippen LogP contribution in [-0.4, -0.2) is 16.1 Å². The van der Waals surface area contributed by atoms with Gasteiger partial charge in [0.15, 0.2) is 11.4 Å². The maximum atomic E-state index is 11.1. The normalized spacial score (nSPS) is 10.3. The van der Waals surface area contributed by atoms with Crippen LogP contribution < -0.4 is 4.74 Å². The van der Waals surface area contributed by atoms with Crippen LogP contribution in [0.1, 0.15) is 21.7 Å². The molecule has 0 aliphatic heterocycles. The van der Waals surface area contributed by atoms with Crippen molar-refractivity contribution in [2.45, 2.75) is 13.5 Å². The van der Waals surface area contributed by atoms with Gasteiger partial charge in [-0.1, -0.05) is 35.3 Å². The summed E-state index contributed by atoms with van der Waals surface area (Å²) in [4.78, 5) is 15.1. The van der Waals surface area contributed by atoms with Crippen molar-refractivity contribution in [3.8, 4) is 5.75 Å². The molecular formula is C14H11Cl2NO3. The number of hydrogen-bond donors (Lipinski definition) is 1. The molecule has 0 amide bonds. The Balaban J connectivity index is 2.23. The zero-order valence-electron chi connectivity index (χ0n) is 10.6. The number of hydrogen-bond acceptors (Lipinski definition) is 3. The van der Waals surface area contributed by atoms with Gasteiger partial charge in [0.25, 0.3) is 0 Å². The first-order valence-electron chi connectivity index (χ1n) is 5.75. The minimum Gasteiger partial charge on any atom is -0.486 e. The first-order valence-corrected chi connectivity index (χ1v) is 6.51. The number of halogens is 2. The van der Waals surface area contributed by atoms with Gasteiger partial charge in [0.05, 0.1) is 10.0 Å². The molecule has 2 rings (SSSR count). The lowest BCUT2D eigenvalue weighted by molar-refractivity contribution is 0.0684. The summed E-state index contributed by atoms with van der Waals surface area (Å²) in [6.07, 6.45) is 0. The fourth-order valence-corrected chi connectivity index (χ4v) is 2.00. The maximum absolute atomic E-state index is 11.1. The lowest BCUT2D eigenvalue weighted by Gasteiger charge is -2.10. The van der Waals surface area contributed by atoms with Crippen molar-refractivity contribution in [2.24, 2.45) is 0 Å². The highest BCUT2D eigenvalue weighted by Crippen LogP contribution is 2.27. The number of carboxylic acid groups (broad SMARTS) is 1. The van der Waals surface area contributed by atoms with Gasteiger partial charge in [-0.2, -0.15) is 0 Å². The zero-order chi connectivity index (χ0) is 14.7. The molecule has 0 unspecified atom stereocenters. The van der Waals surface area contributed by atoms with Crippen molar-refractivity contribution >= 4 is 29.2 Å². The number of carboxylic acids is 1. The molecule has 1 aromatic heterocycles. The molecule has 0 saturated heterocycles. The minimum absolute atomic E-state index is 0.115. The van der Waals surface area contributed by atoms with Crippen molar-refractivity contribution in [1.82, 2.24) is 4.98 Å². The van der Waals surface area contributed by atoms with Crippen LogP contribution in [0.15, 0.2) is 30.3 Å². The molecule has 1 heterocycles. The lowest BCUT2D eigenvalue weighted by atomic mass is 10.2. The molecule has 0 saturated carbocycles. The van der Waals surface area contributed by atoms with Crippen molar-refractivity contribution in [3.63, 3.8) is 0 Å². The summed E-state index contributed by atoms with van der Waals surface area (Å²) in [6.45, 7) is 1.83. The van der Waals surface area contributed by atoms with E-state index < -0.39 is 5.97 Å².